The fourth-order valence-corrected chi connectivity index (χ4v) is 10.4. The fraction of sp³-hybridized carbons (Fsp3) is 0.800. The Morgan fingerprint density at radius 2 is 0.506 bits per heavy atom. The predicted octanol–water partition coefficient (Wildman–Crippen LogP) is 24.4. The van der Waals surface area contributed by atoms with E-state index in [0.29, 0.717) is 19.3 Å². The molecule has 0 aromatic rings. The second kappa shape index (κ2) is 69.3. The summed E-state index contributed by atoms with van der Waals surface area (Å²) in [6.45, 7) is 6.51. The molecule has 1 unspecified atom stereocenters. The van der Waals surface area contributed by atoms with Gasteiger partial charge in [-0.3, -0.25) is 14.4 Å². The molecule has 0 rings (SSSR count). The highest BCUT2D eigenvalue weighted by molar-refractivity contribution is 5.71. The molecule has 0 aromatic heterocycles. The van der Waals surface area contributed by atoms with Gasteiger partial charge in [0.1, 0.15) is 13.2 Å². The van der Waals surface area contributed by atoms with Crippen LogP contribution in [0.1, 0.15) is 367 Å². The first-order valence-corrected chi connectivity index (χ1v) is 35.4. The summed E-state index contributed by atoms with van der Waals surface area (Å²) in [7, 11) is 0. The minimum atomic E-state index is -0.779. The zero-order valence-electron chi connectivity index (χ0n) is 54.1. The van der Waals surface area contributed by atoms with E-state index in [2.05, 4.69) is 93.7 Å². The zero-order valence-corrected chi connectivity index (χ0v) is 54.1. The molecule has 6 nitrogen and oxygen atoms in total. The highest BCUT2D eigenvalue weighted by Crippen LogP contribution is 2.18. The van der Waals surface area contributed by atoms with Crippen molar-refractivity contribution in [2.45, 2.75) is 374 Å². The first kappa shape index (κ1) is 77.9. The van der Waals surface area contributed by atoms with Crippen LogP contribution < -0.4 is 0 Å². The number of carbonyl (C=O) groups excluding carboxylic acids is 3. The molecular formula is C75H134O6. The van der Waals surface area contributed by atoms with Crippen LogP contribution in [0, 0.1) is 0 Å². The van der Waals surface area contributed by atoms with Gasteiger partial charge in [-0.25, -0.2) is 0 Å². The third kappa shape index (κ3) is 67.5. The molecule has 0 amide bonds. The molecule has 1 atom stereocenters. The van der Waals surface area contributed by atoms with Gasteiger partial charge in [-0.05, 0) is 83.5 Å². The molecule has 0 aliphatic carbocycles. The molecule has 0 heterocycles. The summed E-state index contributed by atoms with van der Waals surface area (Å²) in [5.41, 5.74) is 0. The predicted molar refractivity (Wildman–Crippen MR) is 353 cm³/mol. The normalized spacial score (nSPS) is 12.5. The van der Waals surface area contributed by atoms with Crippen LogP contribution in [0.15, 0.2) is 72.9 Å². The summed E-state index contributed by atoms with van der Waals surface area (Å²) >= 11 is 0. The Bertz CT molecular complexity index is 1490. The summed E-state index contributed by atoms with van der Waals surface area (Å²) in [6.07, 6.45) is 90.9. The molecule has 0 aliphatic heterocycles. The van der Waals surface area contributed by atoms with Crippen molar-refractivity contribution in [1.82, 2.24) is 0 Å². The monoisotopic (exact) mass is 1130 g/mol. The number of allylic oxidation sites excluding steroid dienone is 12. The van der Waals surface area contributed by atoms with Crippen molar-refractivity contribution in [3.05, 3.63) is 72.9 Å². The van der Waals surface area contributed by atoms with Crippen LogP contribution in [0.4, 0.5) is 0 Å². The van der Waals surface area contributed by atoms with Gasteiger partial charge in [0.25, 0.3) is 0 Å². The van der Waals surface area contributed by atoms with Crippen molar-refractivity contribution >= 4 is 17.9 Å². The summed E-state index contributed by atoms with van der Waals surface area (Å²) in [4.78, 5) is 38.3. The highest BCUT2D eigenvalue weighted by Gasteiger charge is 2.19. The zero-order chi connectivity index (χ0) is 58.5. The van der Waals surface area contributed by atoms with Crippen molar-refractivity contribution in [1.29, 1.82) is 0 Å². The smallest absolute Gasteiger partial charge is 0.306 e. The van der Waals surface area contributed by atoms with Gasteiger partial charge >= 0.3 is 17.9 Å². The largest absolute Gasteiger partial charge is 0.462 e. The highest BCUT2D eigenvalue weighted by atomic mass is 16.6. The second-order valence-corrected chi connectivity index (χ2v) is 23.8. The number of carbonyl (C=O) groups is 3. The topological polar surface area (TPSA) is 78.9 Å². The molecule has 0 N–H and O–H groups in total. The van der Waals surface area contributed by atoms with Crippen molar-refractivity contribution in [2.24, 2.45) is 0 Å². The quantitative estimate of drug-likeness (QED) is 0.0261. The first-order chi connectivity index (χ1) is 40.0. The number of esters is 3. The van der Waals surface area contributed by atoms with Crippen LogP contribution in [0.2, 0.25) is 0 Å². The SMILES string of the molecule is CC/C=C\C/C=C\C/C=C\C/C=C\C/C=C\CCCCCCCCCCCCCC(=O)OCC(COC(=O)CCCCCCC/C=C\CCC)OC(=O)CCCCCCCCCCCCCCCCCCCCCCCCCCCC. The Morgan fingerprint density at radius 3 is 0.815 bits per heavy atom. The molecule has 0 aromatic carbocycles. The molecule has 0 fully saturated rings. The summed E-state index contributed by atoms with van der Waals surface area (Å²) in [6, 6.07) is 0. The van der Waals surface area contributed by atoms with E-state index in [0.717, 1.165) is 103 Å². The third-order valence-corrected chi connectivity index (χ3v) is 15.7. The van der Waals surface area contributed by atoms with Crippen LogP contribution in [0.5, 0.6) is 0 Å². The van der Waals surface area contributed by atoms with Crippen molar-refractivity contribution in [3.8, 4) is 0 Å². The molecule has 0 saturated carbocycles. The van der Waals surface area contributed by atoms with E-state index in [-0.39, 0.29) is 31.1 Å². The Morgan fingerprint density at radius 1 is 0.259 bits per heavy atom. The first-order valence-electron chi connectivity index (χ1n) is 35.4. The van der Waals surface area contributed by atoms with E-state index < -0.39 is 6.10 Å². The van der Waals surface area contributed by atoms with Gasteiger partial charge in [0.05, 0.1) is 0 Å². The Hall–Kier alpha value is -3.15. The molecule has 6 heteroatoms. The minimum Gasteiger partial charge on any atom is -0.462 e. The lowest BCUT2D eigenvalue weighted by molar-refractivity contribution is -0.167. The number of unbranched alkanes of at least 4 members (excludes halogenated alkanes) is 42. The molecule has 0 radical (unpaired) electrons. The average Bonchev–Trinajstić information content (AvgIpc) is 3.47. The Labute approximate surface area is 503 Å². The number of rotatable bonds is 65. The van der Waals surface area contributed by atoms with Gasteiger partial charge in [-0.2, -0.15) is 0 Å². The van der Waals surface area contributed by atoms with Crippen LogP contribution in [-0.4, -0.2) is 37.2 Å². The summed E-state index contributed by atoms with van der Waals surface area (Å²) < 4.78 is 16.9. The van der Waals surface area contributed by atoms with E-state index in [9.17, 15) is 14.4 Å². The van der Waals surface area contributed by atoms with E-state index in [4.69, 9.17) is 14.2 Å². The molecule has 0 bridgehead atoms. The van der Waals surface area contributed by atoms with Crippen molar-refractivity contribution < 1.29 is 28.6 Å². The van der Waals surface area contributed by atoms with Crippen LogP contribution in [-0.2, 0) is 28.6 Å². The Kier molecular flexibility index (Phi) is 66.6. The van der Waals surface area contributed by atoms with E-state index >= 15 is 0 Å². The van der Waals surface area contributed by atoms with E-state index in [1.807, 2.05) is 0 Å². The maximum atomic E-state index is 12.9. The fourth-order valence-electron chi connectivity index (χ4n) is 10.4. The number of hydrogen-bond acceptors (Lipinski definition) is 6. The third-order valence-electron chi connectivity index (χ3n) is 15.7. The molecule has 81 heavy (non-hydrogen) atoms. The van der Waals surface area contributed by atoms with Crippen molar-refractivity contribution in [3.63, 3.8) is 0 Å². The molecule has 470 valence electrons. The van der Waals surface area contributed by atoms with Gasteiger partial charge in [0.15, 0.2) is 6.10 Å². The van der Waals surface area contributed by atoms with Gasteiger partial charge in [0.2, 0.25) is 0 Å². The number of ether oxygens (including phenoxy) is 3. The van der Waals surface area contributed by atoms with E-state index in [1.165, 1.54) is 225 Å². The maximum absolute atomic E-state index is 12.9. The lowest BCUT2D eigenvalue weighted by atomic mass is 10.0. The lowest BCUT2D eigenvalue weighted by Gasteiger charge is -2.18. The molecule has 0 saturated heterocycles. The molecular weight excluding hydrogens is 997 g/mol. The van der Waals surface area contributed by atoms with E-state index in [1.54, 1.807) is 0 Å². The standard InChI is InChI=1S/C75H134O6/c1-4-7-10-13-16-19-22-24-26-28-30-32-34-36-38-40-41-43-45-47-49-51-53-56-59-62-65-68-74(77)80-71-72(70-79-73(76)67-64-61-58-55-21-18-15-12-9-6-3)81-75(78)69-66-63-60-57-54-52-50-48-46-44-42-39-37-35-33-31-29-27-25-23-20-17-14-11-8-5-2/h7,10,12,15-16,19,24,26,30,32,36,38,72H,4-6,8-9,11,13-14,17-18,20-23,25,27-29,31,33-35,37,39-71H2,1-3H3/b10-7-,15-12-,19-16-,26-24-,32-30-,38-36-. The second-order valence-electron chi connectivity index (χ2n) is 23.8. The minimum absolute atomic E-state index is 0.0759. The van der Waals surface area contributed by atoms with Crippen LogP contribution in [0.25, 0.3) is 0 Å². The summed E-state index contributed by atoms with van der Waals surface area (Å²) in [5.74, 6) is -0.869. The van der Waals surface area contributed by atoms with Gasteiger partial charge in [0, 0.05) is 19.3 Å². The van der Waals surface area contributed by atoms with Crippen LogP contribution >= 0.6 is 0 Å². The lowest BCUT2D eigenvalue weighted by Crippen LogP contribution is -2.30. The van der Waals surface area contributed by atoms with Gasteiger partial charge in [-0.15, -0.1) is 0 Å². The Balaban J connectivity index is 4.16. The maximum Gasteiger partial charge on any atom is 0.306 e. The average molecular weight is 1130 g/mol. The molecule has 0 aliphatic rings. The van der Waals surface area contributed by atoms with Gasteiger partial charge < -0.3 is 14.2 Å². The summed E-state index contributed by atoms with van der Waals surface area (Å²) in [5, 5.41) is 0. The molecule has 0 spiro atoms. The van der Waals surface area contributed by atoms with Gasteiger partial charge in [-0.1, -0.05) is 338 Å². The number of hydrogen-bond donors (Lipinski definition) is 0. The van der Waals surface area contributed by atoms with Crippen molar-refractivity contribution in [2.75, 3.05) is 13.2 Å². The van der Waals surface area contributed by atoms with Crippen LogP contribution in [0.3, 0.4) is 0 Å².